The highest BCUT2D eigenvalue weighted by atomic mass is 79.9. The van der Waals surface area contributed by atoms with E-state index < -0.39 is 6.04 Å². The van der Waals surface area contributed by atoms with E-state index in [4.69, 9.17) is 11.6 Å². The van der Waals surface area contributed by atoms with Gasteiger partial charge in [0.15, 0.2) is 0 Å². The molecule has 2 aromatic rings. The van der Waals surface area contributed by atoms with E-state index in [-0.39, 0.29) is 17.9 Å². The Kier molecular flexibility index (Phi) is 5.81. The molecule has 0 bridgehead atoms. The lowest BCUT2D eigenvalue weighted by molar-refractivity contribution is -0.125. The van der Waals surface area contributed by atoms with Crippen LogP contribution in [0.5, 0.6) is 0 Å². The van der Waals surface area contributed by atoms with Crippen molar-refractivity contribution in [2.75, 3.05) is 6.54 Å². The third kappa shape index (κ3) is 4.25. The summed E-state index contributed by atoms with van der Waals surface area (Å²) in [6.45, 7) is 2.53. The molecule has 1 saturated heterocycles. The van der Waals surface area contributed by atoms with Crippen molar-refractivity contribution in [3.05, 3.63) is 55.6 Å². The molecule has 4 nitrogen and oxygen atoms in total. The topological polar surface area (TPSA) is 49.4 Å². The molecule has 0 aliphatic carbocycles. The first-order valence-corrected chi connectivity index (χ1v) is 10.1. The van der Waals surface area contributed by atoms with Crippen LogP contribution in [-0.4, -0.2) is 29.3 Å². The molecule has 0 spiro atoms. The first kappa shape index (κ1) is 18.4. The molecule has 0 radical (unpaired) electrons. The number of thiophene rings is 1. The highest BCUT2D eigenvalue weighted by Crippen LogP contribution is 2.27. The Bertz CT molecular complexity index is 778. The molecule has 1 aliphatic heterocycles. The second kappa shape index (κ2) is 7.89. The largest absolute Gasteiger partial charge is 0.347 e. The SMILES string of the molecule is CC(NC(=O)C1CCCN1C(=O)c1ccc(Br)cc1)c1ccc(Cl)s1. The number of benzene rings is 1. The monoisotopic (exact) mass is 440 g/mol. The first-order valence-electron chi connectivity index (χ1n) is 8.08. The molecule has 1 fully saturated rings. The number of carbonyl (C=O) groups excluding carboxylic acids is 2. The Morgan fingerprint density at radius 2 is 2.00 bits per heavy atom. The van der Waals surface area contributed by atoms with Crippen LogP contribution in [-0.2, 0) is 4.79 Å². The van der Waals surface area contributed by atoms with E-state index >= 15 is 0 Å². The van der Waals surface area contributed by atoms with E-state index in [2.05, 4.69) is 21.2 Å². The summed E-state index contributed by atoms with van der Waals surface area (Å²) < 4.78 is 1.62. The standard InChI is InChI=1S/C18H18BrClN2O2S/c1-11(15-8-9-16(20)25-15)21-17(23)14-3-2-10-22(14)18(24)12-4-6-13(19)7-5-12/h4-9,11,14H,2-3,10H2,1H3,(H,21,23). The Hall–Kier alpha value is -1.37. The van der Waals surface area contributed by atoms with E-state index in [9.17, 15) is 9.59 Å². The van der Waals surface area contributed by atoms with Gasteiger partial charge in [-0.05, 0) is 56.2 Å². The number of nitrogens with zero attached hydrogens (tertiary/aromatic N) is 1. The summed E-state index contributed by atoms with van der Waals surface area (Å²) in [6, 6.07) is 10.4. The van der Waals surface area contributed by atoms with Crippen LogP contribution < -0.4 is 5.32 Å². The highest BCUT2D eigenvalue weighted by molar-refractivity contribution is 9.10. The van der Waals surface area contributed by atoms with Gasteiger partial charge < -0.3 is 10.2 Å². The van der Waals surface area contributed by atoms with Crippen molar-refractivity contribution in [1.29, 1.82) is 0 Å². The van der Waals surface area contributed by atoms with Crippen LogP contribution in [0.25, 0.3) is 0 Å². The van der Waals surface area contributed by atoms with Crippen molar-refractivity contribution in [1.82, 2.24) is 10.2 Å². The number of carbonyl (C=O) groups is 2. The van der Waals surface area contributed by atoms with Crippen molar-refractivity contribution in [3.63, 3.8) is 0 Å². The predicted molar refractivity (Wildman–Crippen MR) is 104 cm³/mol. The summed E-state index contributed by atoms with van der Waals surface area (Å²) >= 11 is 10.8. The zero-order valence-electron chi connectivity index (χ0n) is 13.7. The average molecular weight is 442 g/mol. The van der Waals surface area contributed by atoms with Crippen molar-refractivity contribution < 1.29 is 9.59 Å². The van der Waals surface area contributed by atoms with Crippen LogP contribution in [0.1, 0.15) is 41.0 Å². The van der Waals surface area contributed by atoms with Crippen LogP contribution in [0.2, 0.25) is 4.34 Å². The van der Waals surface area contributed by atoms with E-state index in [1.807, 2.05) is 31.2 Å². The fourth-order valence-corrected chi connectivity index (χ4v) is 4.31. The van der Waals surface area contributed by atoms with Gasteiger partial charge in [-0.15, -0.1) is 11.3 Å². The Morgan fingerprint density at radius 1 is 1.28 bits per heavy atom. The van der Waals surface area contributed by atoms with Crippen LogP contribution >= 0.6 is 38.9 Å². The Morgan fingerprint density at radius 3 is 2.64 bits per heavy atom. The lowest BCUT2D eigenvalue weighted by Gasteiger charge is -2.25. The first-order chi connectivity index (χ1) is 12.0. The maximum Gasteiger partial charge on any atom is 0.254 e. The van der Waals surface area contributed by atoms with Gasteiger partial charge in [0, 0.05) is 21.5 Å². The maximum atomic E-state index is 12.7. The van der Waals surface area contributed by atoms with Crippen LogP contribution in [0.4, 0.5) is 0 Å². The lowest BCUT2D eigenvalue weighted by atomic mass is 10.1. The zero-order valence-corrected chi connectivity index (χ0v) is 16.8. The fourth-order valence-electron chi connectivity index (χ4n) is 2.98. The second-order valence-electron chi connectivity index (χ2n) is 6.04. The molecule has 7 heteroatoms. The Labute approximate surface area is 164 Å². The molecular weight excluding hydrogens is 424 g/mol. The van der Waals surface area contributed by atoms with E-state index in [0.29, 0.717) is 22.9 Å². The van der Waals surface area contributed by atoms with E-state index in [1.165, 1.54) is 11.3 Å². The van der Waals surface area contributed by atoms with Crippen molar-refractivity contribution in [2.45, 2.75) is 31.8 Å². The minimum Gasteiger partial charge on any atom is -0.347 e. The minimum absolute atomic E-state index is 0.100. The second-order valence-corrected chi connectivity index (χ2v) is 8.70. The van der Waals surface area contributed by atoms with E-state index in [0.717, 1.165) is 15.8 Å². The van der Waals surface area contributed by atoms with Gasteiger partial charge in [0.1, 0.15) is 6.04 Å². The summed E-state index contributed by atoms with van der Waals surface area (Å²) in [7, 11) is 0. The summed E-state index contributed by atoms with van der Waals surface area (Å²) in [5.41, 5.74) is 0.598. The summed E-state index contributed by atoms with van der Waals surface area (Å²) in [5.74, 6) is -0.211. The van der Waals surface area contributed by atoms with Crippen LogP contribution in [0, 0.1) is 0 Å². The van der Waals surface area contributed by atoms with Gasteiger partial charge >= 0.3 is 0 Å². The van der Waals surface area contributed by atoms with Gasteiger partial charge in [0.2, 0.25) is 5.91 Å². The van der Waals surface area contributed by atoms with Gasteiger partial charge in [-0.2, -0.15) is 0 Å². The molecule has 2 atom stereocenters. The maximum absolute atomic E-state index is 12.7. The number of likely N-dealkylation sites (tertiary alicyclic amines) is 1. The molecule has 2 heterocycles. The number of hydrogen-bond acceptors (Lipinski definition) is 3. The molecule has 1 aromatic carbocycles. The number of hydrogen-bond donors (Lipinski definition) is 1. The third-order valence-electron chi connectivity index (χ3n) is 4.29. The van der Waals surface area contributed by atoms with Crippen molar-refractivity contribution in [3.8, 4) is 0 Å². The van der Waals surface area contributed by atoms with Gasteiger partial charge in [0.05, 0.1) is 10.4 Å². The van der Waals surface area contributed by atoms with Gasteiger partial charge in [-0.1, -0.05) is 27.5 Å². The van der Waals surface area contributed by atoms with E-state index in [1.54, 1.807) is 17.0 Å². The van der Waals surface area contributed by atoms with Crippen molar-refractivity contribution in [2.24, 2.45) is 0 Å². The molecule has 0 saturated carbocycles. The summed E-state index contributed by atoms with van der Waals surface area (Å²) in [5, 5.41) is 3.01. The number of rotatable bonds is 4. The van der Waals surface area contributed by atoms with Crippen LogP contribution in [0.15, 0.2) is 40.9 Å². The number of halogens is 2. The average Bonchev–Trinajstić information content (AvgIpc) is 3.23. The third-order valence-corrected chi connectivity index (χ3v) is 6.23. The van der Waals surface area contributed by atoms with Gasteiger partial charge in [-0.3, -0.25) is 9.59 Å². The number of amides is 2. The fraction of sp³-hybridized carbons (Fsp3) is 0.333. The number of nitrogens with one attached hydrogen (secondary N) is 1. The molecule has 1 N–H and O–H groups in total. The van der Waals surface area contributed by atoms with Crippen molar-refractivity contribution >= 4 is 50.7 Å². The quantitative estimate of drug-likeness (QED) is 0.751. The smallest absolute Gasteiger partial charge is 0.254 e. The molecule has 25 heavy (non-hydrogen) atoms. The summed E-state index contributed by atoms with van der Waals surface area (Å²) in [6.07, 6.45) is 1.52. The lowest BCUT2D eigenvalue weighted by Crippen LogP contribution is -2.46. The normalized spacial score (nSPS) is 18.2. The molecule has 1 aliphatic rings. The van der Waals surface area contributed by atoms with Crippen LogP contribution in [0.3, 0.4) is 0 Å². The molecule has 132 valence electrons. The molecule has 2 amide bonds. The molecule has 3 rings (SSSR count). The van der Waals surface area contributed by atoms with Gasteiger partial charge in [0.25, 0.3) is 5.91 Å². The molecule has 1 aromatic heterocycles. The Balaban J connectivity index is 1.69. The summed E-state index contributed by atoms with van der Waals surface area (Å²) in [4.78, 5) is 28.1. The molecular formula is C18H18BrClN2O2S. The highest BCUT2D eigenvalue weighted by Gasteiger charge is 2.35. The minimum atomic E-state index is -0.422. The zero-order chi connectivity index (χ0) is 18.0. The molecule has 2 unspecified atom stereocenters. The predicted octanol–water partition coefficient (Wildman–Crippen LogP) is 4.65. The van der Waals surface area contributed by atoms with Gasteiger partial charge in [-0.25, -0.2) is 0 Å².